The van der Waals surface area contributed by atoms with Crippen LogP contribution in [0.15, 0.2) is 231 Å². The maximum Gasteiger partial charge on any atom is 0.178 e. The zero-order valence-corrected chi connectivity index (χ0v) is 73.2. The van der Waals surface area contributed by atoms with Gasteiger partial charge in [-0.1, -0.05) is 224 Å². The van der Waals surface area contributed by atoms with Crippen molar-refractivity contribution in [2.24, 2.45) is 21.7 Å². The fraction of sp³-hybridized carbons (Fsp3) is 0.351. The van der Waals surface area contributed by atoms with Crippen molar-refractivity contribution in [3.05, 3.63) is 303 Å². The number of morpholine rings is 3. The highest BCUT2D eigenvalue weighted by atomic mass is 16.5. The number of nitrogens with zero attached hydrogens (tertiary/aromatic N) is 3. The first-order chi connectivity index (χ1) is 58.9. The van der Waals surface area contributed by atoms with Gasteiger partial charge in [-0.3, -0.25) is 0 Å². The third kappa shape index (κ3) is 13.5. The number of aryl methyl sites for hydroxylation is 2. The van der Waals surface area contributed by atoms with E-state index < -0.39 is 11.2 Å². The van der Waals surface area contributed by atoms with Gasteiger partial charge in [-0.15, -0.1) is 0 Å². The lowest BCUT2D eigenvalue weighted by molar-refractivity contribution is 0.0638. The number of hydrogen-bond acceptors (Lipinski definition) is 11. The first-order valence-corrected chi connectivity index (χ1v) is 44.5. The van der Waals surface area contributed by atoms with Crippen molar-refractivity contribution in [2.75, 3.05) is 108 Å². The Morgan fingerprint density at radius 3 is 1.10 bits per heavy atom. The molecule has 12 aromatic carbocycles. The van der Waals surface area contributed by atoms with Crippen LogP contribution in [0.2, 0.25) is 0 Å². The highest BCUT2D eigenvalue weighted by molar-refractivity contribution is 6.13. The summed E-state index contributed by atoms with van der Waals surface area (Å²) in [4.78, 5) is 7.37. The second-order valence-electron chi connectivity index (χ2n) is 39.5. The first kappa shape index (κ1) is 79.5. The Labute approximate surface area is 720 Å². The molecule has 0 bridgehead atoms. The van der Waals surface area contributed by atoms with E-state index >= 15 is 0 Å². The quantitative estimate of drug-likeness (QED) is 0.127. The van der Waals surface area contributed by atoms with Crippen LogP contribution in [0.4, 0.5) is 17.1 Å². The molecule has 2 spiro atoms. The van der Waals surface area contributed by atoms with E-state index in [-0.39, 0.29) is 39.1 Å². The lowest BCUT2D eigenvalue weighted by atomic mass is 9.52. The van der Waals surface area contributed by atoms with Crippen LogP contribution in [-0.2, 0) is 42.8 Å². The molecular formula is C111H115N3O8. The zero-order valence-electron chi connectivity index (χ0n) is 73.2. The fourth-order valence-electron chi connectivity index (χ4n) is 24.7. The maximum atomic E-state index is 11.2. The highest BCUT2D eigenvalue weighted by Gasteiger charge is 2.58. The number of rotatable bonds is 12. The monoisotopic (exact) mass is 1620 g/mol. The molecule has 1 N–H and O–H groups in total. The van der Waals surface area contributed by atoms with Crippen LogP contribution in [0.3, 0.4) is 0 Å². The Balaban J connectivity index is 0.000000156. The number of methoxy groups -OCH3 is 2. The van der Waals surface area contributed by atoms with Gasteiger partial charge in [-0.2, -0.15) is 0 Å². The fourth-order valence-corrected chi connectivity index (χ4v) is 24.7. The molecule has 2 saturated carbocycles. The van der Waals surface area contributed by atoms with E-state index in [0.717, 1.165) is 176 Å². The first-order valence-electron chi connectivity index (χ1n) is 44.5. The molecule has 9 aliphatic rings. The lowest BCUT2D eigenvalue weighted by Gasteiger charge is -2.52. The summed E-state index contributed by atoms with van der Waals surface area (Å²) >= 11 is 0. The Bertz CT molecular complexity index is 6070. The predicted octanol–water partition coefficient (Wildman–Crippen LogP) is 24.4. The number of aliphatic hydroxyl groups excluding tert-OH is 1. The summed E-state index contributed by atoms with van der Waals surface area (Å²) in [6.07, 6.45) is 16.1. The number of benzene rings is 12. The van der Waals surface area contributed by atoms with Gasteiger partial charge in [0.05, 0.1) is 60.5 Å². The molecule has 5 fully saturated rings. The molecule has 11 nitrogen and oxygen atoms in total. The van der Waals surface area contributed by atoms with Crippen LogP contribution in [0, 0.1) is 35.5 Å². The molecule has 2 unspecified atom stereocenters. The van der Waals surface area contributed by atoms with Gasteiger partial charge in [0, 0.05) is 117 Å². The van der Waals surface area contributed by atoms with Crippen molar-refractivity contribution >= 4 is 50.8 Å². The summed E-state index contributed by atoms with van der Waals surface area (Å²) < 4.78 is 44.4. The minimum absolute atomic E-state index is 0.0743. The largest absolute Gasteiger partial charge is 0.497 e. The number of ether oxygens (including phenoxy) is 7. The van der Waals surface area contributed by atoms with Crippen molar-refractivity contribution < 1.29 is 38.3 Å². The van der Waals surface area contributed by atoms with Crippen LogP contribution in [0.5, 0.6) is 23.0 Å². The number of anilines is 3. The summed E-state index contributed by atoms with van der Waals surface area (Å²) in [7, 11) is 3.44. The van der Waals surface area contributed by atoms with Crippen molar-refractivity contribution in [1.82, 2.24) is 0 Å². The summed E-state index contributed by atoms with van der Waals surface area (Å²) in [6, 6.07) is 80.6. The molecule has 5 heterocycles. The molecule has 622 valence electrons. The molecule has 11 heteroatoms. The molecule has 0 amide bonds. The third-order valence-corrected chi connectivity index (χ3v) is 28.5. The van der Waals surface area contributed by atoms with Crippen LogP contribution >= 0.6 is 0 Å². The van der Waals surface area contributed by atoms with E-state index in [0.29, 0.717) is 13.2 Å². The van der Waals surface area contributed by atoms with Gasteiger partial charge in [0.2, 0.25) is 0 Å². The molecule has 4 aliphatic carbocycles. The molecule has 5 aliphatic heterocycles. The average molecular weight is 1620 g/mol. The standard InChI is InChI=1S/C57H60N2O4.C54H55NO4/c1-38-11-15-40(16-12-38)57(41-17-21-43(60-6)22-18-41)24-23-45-52-51(44-9-7-8-10-49(44)56(52)36-54(2,3)35-55(4,5)37-56)47-34-50(59-27-31-62-32-28-59)46(33-48(47)53(45)63-57)39-13-19-42(20-14-39)58-25-29-61-30-26-58;1-35-11-15-38(16-12-35)54(39-17-21-41(57-6)22-18-39)24-23-43-49-48(42-9-7-8-10-47(42)53(49)33-51(2,3)32-52(4,5)34-53)45-29-37(31-56)44(30-46(45)50(43)59-54)36-13-19-40(20-14-36)55-25-27-58-28-26-55/h7-24,33-34H,25-32,35-37H2,1-6H3;7-24,29-30,56H,25-28,31-34H2,1-6H3. The predicted molar refractivity (Wildman–Crippen MR) is 498 cm³/mol. The van der Waals surface area contributed by atoms with Gasteiger partial charge in [-0.25, -0.2) is 0 Å². The average Bonchev–Trinajstić information content (AvgIpc) is 1.49. The molecule has 122 heavy (non-hydrogen) atoms. The van der Waals surface area contributed by atoms with E-state index in [1.54, 1.807) is 14.2 Å². The molecular weight excluding hydrogens is 1500 g/mol. The molecule has 21 rings (SSSR count). The van der Waals surface area contributed by atoms with Crippen molar-refractivity contribution in [3.63, 3.8) is 0 Å². The zero-order chi connectivity index (χ0) is 83.9. The number of aliphatic hydroxyl groups is 1. The van der Waals surface area contributed by atoms with Crippen LogP contribution in [0.1, 0.15) is 166 Å². The molecule has 12 aromatic rings. The highest BCUT2D eigenvalue weighted by Crippen LogP contribution is 2.70. The summed E-state index contributed by atoms with van der Waals surface area (Å²) in [5.74, 6) is 3.47. The summed E-state index contributed by atoms with van der Waals surface area (Å²) in [5, 5.41) is 15.8. The van der Waals surface area contributed by atoms with Crippen LogP contribution in [-0.4, -0.2) is 98.2 Å². The lowest BCUT2D eigenvalue weighted by Crippen LogP contribution is -2.44. The van der Waals surface area contributed by atoms with E-state index in [1.807, 2.05) is 12.1 Å². The molecule has 2 atom stereocenters. The Morgan fingerprint density at radius 1 is 0.361 bits per heavy atom. The molecule has 0 aromatic heterocycles. The third-order valence-electron chi connectivity index (χ3n) is 28.5. The minimum atomic E-state index is -0.909. The SMILES string of the molecule is COc1ccc(C2(c3ccc(C)cc3)C=Cc3c4c(c5cc(CO)c(-c6ccc(N7CCOCC7)cc6)cc5c3O2)-c2ccccc2C42CC(C)(C)CC(C)(C)C2)cc1.COc1ccc(C2(c3ccc(C)cc3)C=Cc3c4c(c5cc(N6CCOCC6)c(-c6ccc(N7CCOCC7)cc6)cc5c3O2)-c2ccccc2C42CC(C)(C)CC(C)(C)C2)cc1. The van der Waals surface area contributed by atoms with Gasteiger partial charge in [-0.05, 0) is 237 Å². The van der Waals surface area contributed by atoms with Crippen molar-refractivity contribution in [3.8, 4) is 67.5 Å². The van der Waals surface area contributed by atoms with E-state index in [9.17, 15) is 5.11 Å². The minimum Gasteiger partial charge on any atom is -0.497 e. The Kier molecular flexibility index (Phi) is 19.7. The van der Waals surface area contributed by atoms with E-state index in [2.05, 4.69) is 314 Å². The van der Waals surface area contributed by atoms with E-state index in [1.165, 1.54) is 107 Å². The van der Waals surface area contributed by atoms with Crippen molar-refractivity contribution in [2.45, 2.75) is 136 Å². The normalized spacial score (nSPS) is 21.3. The smallest absolute Gasteiger partial charge is 0.178 e. The van der Waals surface area contributed by atoms with Gasteiger partial charge in [0.25, 0.3) is 0 Å². The Morgan fingerprint density at radius 2 is 0.713 bits per heavy atom. The van der Waals surface area contributed by atoms with Gasteiger partial charge < -0.3 is 53.0 Å². The molecule has 0 radical (unpaired) electrons. The summed E-state index contributed by atoms with van der Waals surface area (Å²) in [5.41, 5.74) is 27.4. The summed E-state index contributed by atoms with van der Waals surface area (Å²) in [6.45, 7) is 33.7. The maximum absolute atomic E-state index is 11.2. The second kappa shape index (κ2) is 30.3. The topological polar surface area (TPSA) is 94.6 Å². The van der Waals surface area contributed by atoms with Gasteiger partial charge in [0.15, 0.2) is 11.2 Å². The second-order valence-corrected chi connectivity index (χ2v) is 39.5. The number of fused-ring (bicyclic) bond motifs is 20. The van der Waals surface area contributed by atoms with Gasteiger partial charge in [0.1, 0.15) is 23.0 Å². The van der Waals surface area contributed by atoms with Crippen LogP contribution < -0.4 is 33.6 Å². The van der Waals surface area contributed by atoms with Crippen molar-refractivity contribution in [1.29, 1.82) is 0 Å². The van der Waals surface area contributed by atoms with Crippen LogP contribution in [0.25, 0.3) is 78.2 Å². The molecule has 3 saturated heterocycles. The number of hydrogen-bond donors (Lipinski definition) is 1. The van der Waals surface area contributed by atoms with Gasteiger partial charge >= 0.3 is 0 Å². The van der Waals surface area contributed by atoms with E-state index in [4.69, 9.17) is 33.2 Å². The Hall–Kier alpha value is -10.9.